The first-order chi connectivity index (χ1) is 11.6. The normalized spacial score (nSPS) is 10.6. The molecule has 0 bridgehead atoms. The van der Waals surface area contributed by atoms with Gasteiger partial charge in [0, 0.05) is 10.2 Å². The number of rotatable bonds is 5. The van der Waals surface area contributed by atoms with Crippen LogP contribution in [-0.2, 0) is 17.8 Å². The van der Waals surface area contributed by atoms with E-state index in [4.69, 9.17) is 4.42 Å². The first-order valence-electron chi connectivity index (χ1n) is 7.76. The van der Waals surface area contributed by atoms with E-state index in [9.17, 15) is 4.79 Å². The van der Waals surface area contributed by atoms with Crippen molar-refractivity contribution in [2.75, 3.05) is 4.90 Å². The van der Waals surface area contributed by atoms with Crippen molar-refractivity contribution in [1.82, 2.24) is 0 Å². The molecular weight excluding hydrogens is 366 g/mol. The van der Waals surface area contributed by atoms with Gasteiger partial charge in [0.1, 0.15) is 5.76 Å². The third-order valence-corrected chi connectivity index (χ3v) is 4.34. The Morgan fingerprint density at radius 1 is 1.04 bits per heavy atom. The SMILES string of the molecule is Cc1ccc(N(Cc2ccco2)C(=O)Cc2ccc(Br)cc2)cc1. The monoisotopic (exact) mass is 383 g/mol. The molecular formula is C20H18BrNO2. The Kier molecular flexibility index (Phi) is 5.16. The van der Waals surface area contributed by atoms with Crippen molar-refractivity contribution >= 4 is 27.5 Å². The second kappa shape index (κ2) is 7.49. The standard InChI is InChI=1S/C20H18BrNO2/c1-15-4-10-18(11-5-15)22(14-19-3-2-12-24-19)20(23)13-16-6-8-17(21)9-7-16/h2-12H,13-14H2,1H3. The fourth-order valence-electron chi connectivity index (χ4n) is 2.48. The van der Waals surface area contributed by atoms with Gasteiger partial charge in [-0.1, -0.05) is 45.8 Å². The quantitative estimate of drug-likeness (QED) is 0.611. The first-order valence-corrected chi connectivity index (χ1v) is 8.55. The van der Waals surface area contributed by atoms with Gasteiger partial charge in [-0.3, -0.25) is 4.79 Å². The van der Waals surface area contributed by atoms with Crippen molar-refractivity contribution < 1.29 is 9.21 Å². The molecule has 0 aliphatic heterocycles. The lowest BCUT2D eigenvalue weighted by molar-refractivity contribution is -0.118. The first kappa shape index (κ1) is 16.5. The van der Waals surface area contributed by atoms with Crippen molar-refractivity contribution in [1.29, 1.82) is 0 Å². The molecule has 0 saturated heterocycles. The third kappa shape index (κ3) is 4.15. The molecule has 0 aliphatic carbocycles. The Hall–Kier alpha value is -2.33. The smallest absolute Gasteiger partial charge is 0.231 e. The number of benzene rings is 2. The van der Waals surface area contributed by atoms with Crippen LogP contribution in [0.15, 0.2) is 75.8 Å². The molecule has 122 valence electrons. The lowest BCUT2D eigenvalue weighted by atomic mass is 10.1. The number of halogens is 1. The van der Waals surface area contributed by atoms with Crippen LogP contribution >= 0.6 is 15.9 Å². The maximum atomic E-state index is 12.9. The van der Waals surface area contributed by atoms with E-state index in [1.807, 2.05) is 67.6 Å². The van der Waals surface area contributed by atoms with Gasteiger partial charge < -0.3 is 9.32 Å². The molecule has 0 atom stereocenters. The minimum atomic E-state index is 0.0394. The summed E-state index contributed by atoms with van der Waals surface area (Å²) in [5.74, 6) is 0.803. The predicted octanol–water partition coefficient (Wildman–Crippen LogP) is 5.13. The van der Waals surface area contributed by atoms with Crippen LogP contribution in [0.1, 0.15) is 16.9 Å². The molecule has 0 N–H and O–H groups in total. The van der Waals surface area contributed by atoms with E-state index in [1.165, 1.54) is 0 Å². The van der Waals surface area contributed by atoms with E-state index in [0.717, 1.165) is 27.0 Å². The average Bonchev–Trinajstić information content (AvgIpc) is 3.09. The number of nitrogens with zero attached hydrogens (tertiary/aromatic N) is 1. The van der Waals surface area contributed by atoms with E-state index in [0.29, 0.717) is 13.0 Å². The van der Waals surface area contributed by atoms with Gasteiger partial charge in [-0.15, -0.1) is 0 Å². The second-order valence-electron chi connectivity index (χ2n) is 5.70. The number of carbonyl (C=O) groups is 1. The van der Waals surface area contributed by atoms with Crippen molar-refractivity contribution in [3.05, 3.63) is 88.3 Å². The molecule has 3 aromatic rings. The average molecular weight is 384 g/mol. The van der Waals surface area contributed by atoms with Crippen molar-refractivity contribution in [2.24, 2.45) is 0 Å². The number of hydrogen-bond donors (Lipinski definition) is 0. The van der Waals surface area contributed by atoms with Gasteiger partial charge in [0.05, 0.1) is 19.2 Å². The topological polar surface area (TPSA) is 33.5 Å². The van der Waals surface area contributed by atoms with Gasteiger partial charge in [-0.2, -0.15) is 0 Å². The number of hydrogen-bond acceptors (Lipinski definition) is 2. The molecule has 3 rings (SSSR count). The molecule has 1 heterocycles. The zero-order valence-corrected chi connectivity index (χ0v) is 15.0. The molecule has 2 aromatic carbocycles. The number of amides is 1. The zero-order chi connectivity index (χ0) is 16.9. The fourth-order valence-corrected chi connectivity index (χ4v) is 2.74. The molecule has 0 aliphatic rings. The summed E-state index contributed by atoms with van der Waals surface area (Å²) in [4.78, 5) is 14.6. The maximum Gasteiger partial charge on any atom is 0.231 e. The van der Waals surface area contributed by atoms with Gasteiger partial charge in [0.15, 0.2) is 0 Å². The highest BCUT2D eigenvalue weighted by Gasteiger charge is 2.18. The summed E-state index contributed by atoms with van der Waals surface area (Å²) in [6.07, 6.45) is 1.98. The summed E-state index contributed by atoms with van der Waals surface area (Å²) in [6.45, 7) is 2.45. The zero-order valence-electron chi connectivity index (χ0n) is 13.4. The van der Waals surface area contributed by atoms with Gasteiger partial charge in [0.2, 0.25) is 5.91 Å². The van der Waals surface area contributed by atoms with Crippen LogP contribution in [0, 0.1) is 6.92 Å². The van der Waals surface area contributed by atoms with Crippen LogP contribution in [0.2, 0.25) is 0 Å². The summed E-state index contributed by atoms with van der Waals surface area (Å²) in [7, 11) is 0. The second-order valence-corrected chi connectivity index (χ2v) is 6.61. The molecule has 1 aromatic heterocycles. The fraction of sp³-hybridized carbons (Fsp3) is 0.150. The van der Waals surface area contributed by atoms with Gasteiger partial charge in [0.25, 0.3) is 0 Å². The molecule has 0 unspecified atom stereocenters. The Labute approximate surface area is 150 Å². The molecule has 3 nitrogen and oxygen atoms in total. The summed E-state index contributed by atoms with van der Waals surface area (Å²) < 4.78 is 6.43. The van der Waals surface area contributed by atoms with Crippen LogP contribution in [-0.4, -0.2) is 5.91 Å². The van der Waals surface area contributed by atoms with Gasteiger partial charge >= 0.3 is 0 Å². The number of carbonyl (C=O) groups excluding carboxylic acids is 1. The summed E-state index contributed by atoms with van der Waals surface area (Å²) in [5.41, 5.74) is 3.02. The molecule has 24 heavy (non-hydrogen) atoms. The minimum Gasteiger partial charge on any atom is -0.467 e. The molecule has 0 fully saturated rings. The highest BCUT2D eigenvalue weighted by atomic mass is 79.9. The van der Waals surface area contributed by atoms with Gasteiger partial charge in [-0.05, 0) is 48.9 Å². The maximum absolute atomic E-state index is 12.9. The van der Waals surface area contributed by atoms with Crippen LogP contribution in [0.4, 0.5) is 5.69 Å². The Balaban J connectivity index is 1.83. The highest BCUT2D eigenvalue weighted by molar-refractivity contribution is 9.10. The van der Waals surface area contributed by atoms with Crippen LogP contribution in [0.5, 0.6) is 0 Å². The van der Waals surface area contributed by atoms with Gasteiger partial charge in [-0.25, -0.2) is 0 Å². The molecule has 0 spiro atoms. The Morgan fingerprint density at radius 3 is 2.38 bits per heavy atom. The van der Waals surface area contributed by atoms with Crippen molar-refractivity contribution in [3.8, 4) is 0 Å². The molecule has 0 saturated carbocycles. The molecule has 1 amide bonds. The highest BCUT2D eigenvalue weighted by Crippen LogP contribution is 2.20. The van der Waals surface area contributed by atoms with E-state index in [-0.39, 0.29) is 5.91 Å². The summed E-state index contributed by atoms with van der Waals surface area (Å²) in [5, 5.41) is 0. The van der Waals surface area contributed by atoms with Crippen molar-refractivity contribution in [3.63, 3.8) is 0 Å². The van der Waals surface area contributed by atoms with E-state index < -0.39 is 0 Å². The molecule has 4 heteroatoms. The van der Waals surface area contributed by atoms with Crippen LogP contribution in [0.25, 0.3) is 0 Å². The third-order valence-electron chi connectivity index (χ3n) is 3.81. The summed E-state index contributed by atoms with van der Waals surface area (Å²) in [6, 6.07) is 19.5. The lowest BCUT2D eigenvalue weighted by Crippen LogP contribution is -2.31. The van der Waals surface area contributed by atoms with E-state index in [1.54, 1.807) is 11.2 Å². The number of anilines is 1. The largest absolute Gasteiger partial charge is 0.467 e. The minimum absolute atomic E-state index is 0.0394. The number of furan rings is 1. The van der Waals surface area contributed by atoms with Crippen LogP contribution in [0.3, 0.4) is 0 Å². The Morgan fingerprint density at radius 2 is 1.75 bits per heavy atom. The summed E-state index contributed by atoms with van der Waals surface area (Å²) >= 11 is 3.42. The Bertz CT molecular complexity index is 793. The number of aryl methyl sites for hydroxylation is 1. The van der Waals surface area contributed by atoms with Crippen molar-refractivity contribution in [2.45, 2.75) is 19.9 Å². The lowest BCUT2D eigenvalue weighted by Gasteiger charge is -2.22. The van der Waals surface area contributed by atoms with Crippen LogP contribution < -0.4 is 4.90 Å². The van der Waals surface area contributed by atoms with E-state index in [2.05, 4.69) is 15.9 Å². The molecule has 0 radical (unpaired) electrons. The predicted molar refractivity (Wildman–Crippen MR) is 98.9 cm³/mol. The van der Waals surface area contributed by atoms with E-state index >= 15 is 0 Å².